The lowest BCUT2D eigenvalue weighted by Gasteiger charge is -2.21. The molecule has 1 amide bonds. The number of rotatable bonds is 6. The van der Waals surface area contributed by atoms with E-state index in [1.807, 2.05) is 57.4 Å². The molecule has 0 aliphatic carbocycles. The number of amides is 1. The summed E-state index contributed by atoms with van der Waals surface area (Å²) in [7, 11) is 3.98. The fraction of sp³-hybridized carbons (Fsp3) is 0.286. The van der Waals surface area contributed by atoms with Gasteiger partial charge in [0, 0.05) is 12.4 Å². The number of nitrogens with one attached hydrogen (secondary N) is 1. The number of hydrogen-bond donors (Lipinski definition) is 1. The smallest absolute Gasteiger partial charge is 0.270 e. The number of fused-ring (bicyclic) bond motifs is 1. The highest BCUT2D eigenvalue weighted by Gasteiger charge is 2.19. The molecule has 6 nitrogen and oxygen atoms in total. The SMILES string of the molecule is Cc1cccn2c(=O)c(C(=O)NC(CCN(C)C)c3ccccc3)cnc12. The van der Waals surface area contributed by atoms with Crippen LogP contribution in [0.1, 0.15) is 33.9 Å². The van der Waals surface area contributed by atoms with Crippen LogP contribution >= 0.6 is 0 Å². The summed E-state index contributed by atoms with van der Waals surface area (Å²) in [6.45, 7) is 2.70. The lowest BCUT2D eigenvalue weighted by Crippen LogP contribution is -2.35. The largest absolute Gasteiger partial charge is 0.345 e. The van der Waals surface area contributed by atoms with E-state index in [4.69, 9.17) is 0 Å². The number of hydrogen-bond acceptors (Lipinski definition) is 4. The summed E-state index contributed by atoms with van der Waals surface area (Å²) in [5, 5.41) is 3.01. The Morgan fingerprint density at radius 2 is 1.93 bits per heavy atom. The Balaban J connectivity index is 1.90. The first-order chi connectivity index (χ1) is 13.0. The molecule has 2 heterocycles. The summed E-state index contributed by atoms with van der Waals surface area (Å²) in [6.07, 6.45) is 3.74. The highest BCUT2D eigenvalue weighted by atomic mass is 16.2. The summed E-state index contributed by atoms with van der Waals surface area (Å²) in [5.74, 6) is -0.406. The van der Waals surface area contributed by atoms with Crippen molar-refractivity contribution in [2.75, 3.05) is 20.6 Å². The molecule has 0 saturated heterocycles. The van der Waals surface area contributed by atoms with Crippen LogP contribution in [-0.4, -0.2) is 40.8 Å². The van der Waals surface area contributed by atoms with Crippen molar-refractivity contribution in [1.29, 1.82) is 0 Å². The molecule has 140 valence electrons. The van der Waals surface area contributed by atoms with Gasteiger partial charge in [-0.3, -0.25) is 14.0 Å². The van der Waals surface area contributed by atoms with Crippen molar-refractivity contribution in [1.82, 2.24) is 19.6 Å². The number of aromatic nitrogens is 2. The lowest BCUT2D eigenvalue weighted by molar-refractivity contribution is 0.0930. The summed E-state index contributed by atoms with van der Waals surface area (Å²) in [6, 6.07) is 13.3. The maximum atomic E-state index is 12.8. The molecule has 6 heteroatoms. The Morgan fingerprint density at radius 1 is 1.19 bits per heavy atom. The zero-order valence-electron chi connectivity index (χ0n) is 15.8. The van der Waals surface area contributed by atoms with Gasteiger partial charge in [0.15, 0.2) is 0 Å². The van der Waals surface area contributed by atoms with E-state index in [0.717, 1.165) is 24.1 Å². The van der Waals surface area contributed by atoms with Gasteiger partial charge in [-0.1, -0.05) is 36.4 Å². The summed E-state index contributed by atoms with van der Waals surface area (Å²) in [4.78, 5) is 32.0. The Hall–Kier alpha value is -2.99. The maximum absolute atomic E-state index is 12.8. The van der Waals surface area contributed by atoms with E-state index in [1.54, 1.807) is 12.3 Å². The molecule has 1 unspecified atom stereocenters. The Labute approximate surface area is 158 Å². The molecule has 0 fully saturated rings. The normalized spacial score (nSPS) is 12.3. The van der Waals surface area contributed by atoms with Crippen LogP contribution in [0.3, 0.4) is 0 Å². The highest BCUT2D eigenvalue weighted by Crippen LogP contribution is 2.17. The molecule has 3 aromatic rings. The third-order valence-corrected chi connectivity index (χ3v) is 4.54. The van der Waals surface area contributed by atoms with Crippen LogP contribution in [0.4, 0.5) is 0 Å². The van der Waals surface area contributed by atoms with Gasteiger partial charge in [0.1, 0.15) is 11.2 Å². The average molecular weight is 364 g/mol. The van der Waals surface area contributed by atoms with Crippen LogP contribution in [0.5, 0.6) is 0 Å². The van der Waals surface area contributed by atoms with Crippen LogP contribution < -0.4 is 10.9 Å². The molecule has 1 atom stereocenters. The summed E-state index contributed by atoms with van der Waals surface area (Å²) < 4.78 is 1.42. The van der Waals surface area contributed by atoms with Crippen molar-refractivity contribution in [3.8, 4) is 0 Å². The third-order valence-electron chi connectivity index (χ3n) is 4.54. The van der Waals surface area contributed by atoms with Crippen molar-refractivity contribution in [3.63, 3.8) is 0 Å². The van der Waals surface area contributed by atoms with Gasteiger partial charge in [-0.05, 0) is 51.2 Å². The van der Waals surface area contributed by atoms with E-state index in [9.17, 15) is 9.59 Å². The van der Waals surface area contributed by atoms with Crippen LogP contribution in [0, 0.1) is 6.92 Å². The van der Waals surface area contributed by atoms with Crippen LogP contribution in [-0.2, 0) is 0 Å². The van der Waals surface area contributed by atoms with Gasteiger partial charge in [0.05, 0.1) is 6.04 Å². The number of nitrogens with zero attached hydrogens (tertiary/aromatic N) is 3. The fourth-order valence-corrected chi connectivity index (χ4v) is 3.03. The molecule has 3 rings (SSSR count). The maximum Gasteiger partial charge on any atom is 0.270 e. The minimum absolute atomic E-state index is 0.0453. The molecule has 0 saturated carbocycles. The van der Waals surface area contributed by atoms with Crippen molar-refractivity contribution < 1.29 is 4.79 Å². The Kier molecular flexibility index (Phi) is 5.66. The molecular formula is C21H24N4O2. The molecular weight excluding hydrogens is 340 g/mol. The number of aryl methyl sites for hydroxylation is 1. The number of carbonyl (C=O) groups is 1. The van der Waals surface area contributed by atoms with Crippen molar-refractivity contribution in [2.45, 2.75) is 19.4 Å². The summed E-state index contributed by atoms with van der Waals surface area (Å²) >= 11 is 0. The van der Waals surface area contributed by atoms with E-state index in [0.29, 0.717) is 5.65 Å². The quantitative estimate of drug-likeness (QED) is 0.729. The number of carbonyl (C=O) groups excluding carboxylic acids is 1. The molecule has 0 spiro atoms. The predicted molar refractivity (Wildman–Crippen MR) is 106 cm³/mol. The predicted octanol–water partition coefficient (Wildman–Crippen LogP) is 2.43. The fourth-order valence-electron chi connectivity index (χ4n) is 3.03. The molecule has 1 N–H and O–H groups in total. The van der Waals surface area contributed by atoms with Gasteiger partial charge in [-0.25, -0.2) is 4.98 Å². The van der Waals surface area contributed by atoms with Crippen LogP contribution in [0.2, 0.25) is 0 Å². The standard InChI is InChI=1S/C21H24N4O2/c1-15-8-7-12-25-19(15)22-14-17(21(25)27)20(26)23-18(11-13-24(2)3)16-9-5-4-6-10-16/h4-10,12,14,18H,11,13H2,1-3H3,(H,23,26). The van der Waals surface area contributed by atoms with Gasteiger partial charge in [0.25, 0.3) is 11.5 Å². The minimum atomic E-state index is -0.406. The molecule has 1 aromatic carbocycles. The van der Waals surface area contributed by atoms with Gasteiger partial charge < -0.3 is 10.2 Å². The molecule has 0 bridgehead atoms. The Morgan fingerprint density at radius 3 is 2.63 bits per heavy atom. The summed E-state index contributed by atoms with van der Waals surface area (Å²) in [5.41, 5.74) is 2.14. The zero-order valence-corrected chi connectivity index (χ0v) is 15.8. The van der Waals surface area contributed by atoms with E-state index >= 15 is 0 Å². The van der Waals surface area contributed by atoms with Crippen molar-refractivity contribution in [2.24, 2.45) is 0 Å². The van der Waals surface area contributed by atoms with Crippen LogP contribution in [0.25, 0.3) is 5.65 Å². The van der Waals surface area contributed by atoms with E-state index in [1.165, 1.54) is 10.6 Å². The lowest BCUT2D eigenvalue weighted by atomic mass is 10.0. The van der Waals surface area contributed by atoms with Gasteiger partial charge in [0.2, 0.25) is 0 Å². The first kappa shape index (κ1) is 18.8. The number of benzene rings is 1. The van der Waals surface area contributed by atoms with Gasteiger partial charge >= 0.3 is 0 Å². The molecule has 0 aliphatic heterocycles. The van der Waals surface area contributed by atoms with E-state index < -0.39 is 5.91 Å². The highest BCUT2D eigenvalue weighted by molar-refractivity contribution is 5.94. The second-order valence-corrected chi connectivity index (χ2v) is 6.89. The number of pyridine rings is 1. The van der Waals surface area contributed by atoms with Crippen molar-refractivity contribution >= 4 is 11.6 Å². The first-order valence-electron chi connectivity index (χ1n) is 8.95. The second-order valence-electron chi connectivity index (χ2n) is 6.89. The average Bonchev–Trinajstić information content (AvgIpc) is 2.66. The molecule has 0 radical (unpaired) electrons. The molecule has 27 heavy (non-hydrogen) atoms. The zero-order chi connectivity index (χ0) is 19.4. The second kappa shape index (κ2) is 8.14. The molecule has 2 aromatic heterocycles. The first-order valence-corrected chi connectivity index (χ1v) is 8.95. The van der Waals surface area contributed by atoms with E-state index in [-0.39, 0.29) is 17.2 Å². The molecule has 0 aliphatic rings. The minimum Gasteiger partial charge on any atom is -0.345 e. The van der Waals surface area contributed by atoms with Crippen molar-refractivity contribution in [3.05, 3.63) is 81.9 Å². The van der Waals surface area contributed by atoms with Gasteiger partial charge in [-0.2, -0.15) is 0 Å². The van der Waals surface area contributed by atoms with Crippen LogP contribution in [0.15, 0.2) is 59.7 Å². The Bertz CT molecular complexity index is 996. The van der Waals surface area contributed by atoms with Gasteiger partial charge in [-0.15, -0.1) is 0 Å². The topological polar surface area (TPSA) is 66.7 Å². The monoisotopic (exact) mass is 364 g/mol. The third kappa shape index (κ3) is 4.23. The van der Waals surface area contributed by atoms with E-state index in [2.05, 4.69) is 15.2 Å².